The lowest BCUT2D eigenvalue weighted by atomic mass is 10.1. The summed E-state index contributed by atoms with van der Waals surface area (Å²) in [5, 5.41) is 0.124. The van der Waals surface area contributed by atoms with Gasteiger partial charge < -0.3 is 14.9 Å². The average Bonchev–Trinajstić information content (AvgIpc) is 2.73. The van der Waals surface area contributed by atoms with E-state index in [4.69, 9.17) is 26.5 Å². The van der Waals surface area contributed by atoms with Crippen molar-refractivity contribution in [3.8, 4) is 17.1 Å². The number of nitrogens with zero attached hydrogens (tertiary/aromatic N) is 1. The summed E-state index contributed by atoms with van der Waals surface area (Å²) in [6.45, 7) is 4.26. The third-order valence-corrected chi connectivity index (χ3v) is 2.38. The van der Waals surface area contributed by atoms with Gasteiger partial charge in [-0.1, -0.05) is 12.1 Å². The molecule has 2 N–H and O–H groups in total. The molecule has 0 aliphatic rings. The van der Waals surface area contributed by atoms with Gasteiger partial charge in [0.15, 0.2) is 5.76 Å². The van der Waals surface area contributed by atoms with Crippen LogP contribution in [-0.2, 0) is 0 Å². The molecule has 0 unspecified atom stereocenters. The lowest BCUT2D eigenvalue weighted by molar-refractivity contribution is 0.243. The molecular weight excluding hydrogens is 252 g/mol. The Balaban J connectivity index is 2.15. The Kier molecular flexibility index (Phi) is 3.59. The number of rotatable bonds is 4. The summed E-state index contributed by atoms with van der Waals surface area (Å²) >= 11 is 5.65. The van der Waals surface area contributed by atoms with Crippen molar-refractivity contribution >= 4 is 11.6 Å². The van der Waals surface area contributed by atoms with Gasteiger partial charge in [-0.3, -0.25) is 0 Å². The molecule has 5 heteroatoms. The molecule has 0 aliphatic heterocycles. The molecule has 0 saturated carbocycles. The van der Waals surface area contributed by atoms with Crippen LogP contribution in [0.4, 0.5) is 0 Å². The highest BCUT2D eigenvalue weighted by Crippen LogP contribution is 2.26. The number of hydrogen-bond acceptors (Lipinski definition) is 4. The zero-order chi connectivity index (χ0) is 13.2. The van der Waals surface area contributed by atoms with E-state index in [1.54, 1.807) is 6.20 Å². The van der Waals surface area contributed by atoms with Crippen LogP contribution in [0.15, 0.2) is 34.9 Å². The number of nitrogens with two attached hydrogens (primary N) is 1. The van der Waals surface area contributed by atoms with Crippen molar-refractivity contribution in [3.05, 3.63) is 35.8 Å². The summed E-state index contributed by atoms with van der Waals surface area (Å²) in [4.78, 5) is 3.85. The molecule has 0 amide bonds. The summed E-state index contributed by atoms with van der Waals surface area (Å²) < 4.78 is 10.9. The predicted octanol–water partition coefficient (Wildman–Crippen LogP) is 3.11. The maximum absolute atomic E-state index is 5.86. The zero-order valence-corrected chi connectivity index (χ0v) is 11.1. The maximum Gasteiger partial charge on any atom is 0.292 e. The number of ether oxygens (including phenoxy) is 1. The molecule has 1 heterocycles. The molecule has 0 radical (unpaired) electrons. The molecule has 0 spiro atoms. The molecule has 0 saturated heterocycles. The second-order valence-corrected chi connectivity index (χ2v) is 5.11. The number of benzene rings is 1. The van der Waals surface area contributed by atoms with E-state index in [1.165, 1.54) is 0 Å². The van der Waals surface area contributed by atoms with Crippen LogP contribution in [0.3, 0.4) is 0 Å². The Morgan fingerprint density at radius 2 is 2.22 bits per heavy atom. The van der Waals surface area contributed by atoms with E-state index >= 15 is 0 Å². The third-order valence-electron chi connectivity index (χ3n) is 2.21. The fraction of sp³-hybridized carbons (Fsp3) is 0.308. The highest BCUT2D eigenvalue weighted by atomic mass is 35.5. The Bertz CT molecular complexity index is 532. The molecule has 2 rings (SSSR count). The highest BCUT2D eigenvalue weighted by molar-refractivity contribution is 6.27. The van der Waals surface area contributed by atoms with Gasteiger partial charge in [-0.05, 0) is 37.6 Å². The van der Waals surface area contributed by atoms with Gasteiger partial charge in [-0.25, -0.2) is 4.98 Å². The van der Waals surface area contributed by atoms with Crippen LogP contribution in [0.5, 0.6) is 5.75 Å². The molecular formula is C13H15ClN2O2. The van der Waals surface area contributed by atoms with Gasteiger partial charge >= 0.3 is 0 Å². The largest absolute Gasteiger partial charge is 0.492 e. The Morgan fingerprint density at radius 1 is 1.44 bits per heavy atom. The van der Waals surface area contributed by atoms with Gasteiger partial charge in [0.25, 0.3) is 5.35 Å². The SMILES string of the molecule is CC(C)(N)COc1cccc(-c2cnc(Cl)o2)c1. The van der Waals surface area contributed by atoms with Crippen molar-refractivity contribution in [2.75, 3.05) is 6.61 Å². The minimum atomic E-state index is -0.369. The number of oxazole rings is 1. The fourth-order valence-corrected chi connectivity index (χ4v) is 1.53. The minimum Gasteiger partial charge on any atom is -0.492 e. The summed E-state index contributed by atoms with van der Waals surface area (Å²) in [6, 6.07) is 7.51. The molecule has 0 atom stereocenters. The van der Waals surface area contributed by atoms with Gasteiger partial charge in [0, 0.05) is 11.1 Å². The van der Waals surface area contributed by atoms with E-state index in [-0.39, 0.29) is 10.9 Å². The van der Waals surface area contributed by atoms with Crippen molar-refractivity contribution in [1.29, 1.82) is 0 Å². The molecule has 96 valence electrons. The van der Waals surface area contributed by atoms with E-state index in [2.05, 4.69) is 4.98 Å². The van der Waals surface area contributed by atoms with Crippen molar-refractivity contribution in [1.82, 2.24) is 4.98 Å². The average molecular weight is 267 g/mol. The molecule has 0 aliphatic carbocycles. The van der Waals surface area contributed by atoms with Gasteiger partial charge in [0.1, 0.15) is 12.4 Å². The zero-order valence-electron chi connectivity index (χ0n) is 10.3. The lowest BCUT2D eigenvalue weighted by Gasteiger charge is -2.19. The number of hydrogen-bond donors (Lipinski definition) is 1. The van der Waals surface area contributed by atoms with Crippen LogP contribution < -0.4 is 10.5 Å². The van der Waals surface area contributed by atoms with E-state index in [0.29, 0.717) is 12.4 Å². The standard InChI is InChI=1S/C13H15ClN2O2/c1-13(2,15)8-17-10-5-3-4-9(6-10)11-7-16-12(14)18-11/h3-7H,8,15H2,1-2H3. The Hall–Kier alpha value is -1.52. The predicted molar refractivity (Wildman–Crippen MR) is 70.7 cm³/mol. The monoisotopic (exact) mass is 266 g/mol. The fourth-order valence-electron chi connectivity index (χ4n) is 1.39. The third kappa shape index (κ3) is 3.48. The van der Waals surface area contributed by atoms with E-state index in [9.17, 15) is 0 Å². The molecule has 4 nitrogen and oxygen atoms in total. The summed E-state index contributed by atoms with van der Waals surface area (Å²) in [5.41, 5.74) is 6.36. The van der Waals surface area contributed by atoms with Crippen LogP contribution in [0, 0.1) is 0 Å². The first-order chi connectivity index (χ1) is 8.44. The number of aromatic nitrogens is 1. The Morgan fingerprint density at radius 3 is 2.83 bits per heavy atom. The normalized spacial score (nSPS) is 11.6. The second-order valence-electron chi connectivity index (χ2n) is 4.78. The summed E-state index contributed by atoms with van der Waals surface area (Å²) in [5.74, 6) is 1.34. The van der Waals surface area contributed by atoms with Gasteiger partial charge in [0.2, 0.25) is 0 Å². The first kappa shape index (κ1) is 12.9. The quantitative estimate of drug-likeness (QED) is 0.924. The van der Waals surface area contributed by atoms with Crippen LogP contribution in [0.25, 0.3) is 11.3 Å². The van der Waals surface area contributed by atoms with E-state index in [1.807, 2.05) is 38.1 Å². The van der Waals surface area contributed by atoms with E-state index in [0.717, 1.165) is 11.3 Å². The van der Waals surface area contributed by atoms with Crippen molar-refractivity contribution < 1.29 is 9.15 Å². The van der Waals surface area contributed by atoms with Crippen molar-refractivity contribution in [2.45, 2.75) is 19.4 Å². The molecule has 1 aromatic carbocycles. The van der Waals surface area contributed by atoms with Gasteiger partial charge in [-0.15, -0.1) is 0 Å². The molecule has 18 heavy (non-hydrogen) atoms. The minimum absolute atomic E-state index is 0.124. The lowest BCUT2D eigenvalue weighted by Crippen LogP contribution is -2.38. The summed E-state index contributed by atoms with van der Waals surface area (Å²) in [6.07, 6.45) is 1.58. The number of halogens is 1. The molecule has 1 aromatic heterocycles. The van der Waals surface area contributed by atoms with Crippen molar-refractivity contribution in [3.63, 3.8) is 0 Å². The summed E-state index contributed by atoms with van der Waals surface area (Å²) in [7, 11) is 0. The molecule has 0 bridgehead atoms. The Labute approximate surface area is 111 Å². The highest BCUT2D eigenvalue weighted by Gasteiger charge is 2.12. The molecule has 2 aromatic rings. The molecule has 0 fully saturated rings. The van der Waals surface area contributed by atoms with Gasteiger partial charge in [0.05, 0.1) is 6.20 Å². The van der Waals surface area contributed by atoms with E-state index < -0.39 is 0 Å². The topological polar surface area (TPSA) is 61.3 Å². The van der Waals surface area contributed by atoms with Crippen LogP contribution in [0.2, 0.25) is 5.35 Å². The van der Waals surface area contributed by atoms with Crippen LogP contribution in [0.1, 0.15) is 13.8 Å². The smallest absolute Gasteiger partial charge is 0.292 e. The van der Waals surface area contributed by atoms with Crippen molar-refractivity contribution in [2.24, 2.45) is 5.73 Å². The van der Waals surface area contributed by atoms with Crippen LogP contribution >= 0.6 is 11.6 Å². The first-order valence-electron chi connectivity index (χ1n) is 5.57. The first-order valence-corrected chi connectivity index (χ1v) is 5.95. The van der Waals surface area contributed by atoms with Gasteiger partial charge in [-0.2, -0.15) is 0 Å². The second kappa shape index (κ2) is 5.00. The van der Waals surface area contributed by atoms with Crippen LogP contribution in [-0.4, -0.2) is 17.1 Å². The maximum atomic E-state index is 5.86.